The number of rotatable bonds is 8. The molecule has 0 heterocycles. The van der Waals surface area contributed by atoms with Crippen molar-refractivity contribution >= 4 is 0 Å². The molecule has 0 aromatic rings. The molecule has 2 atom stereocenters. The minimum absolute atomic E-state index is 0.424. The summed E-state index contributed by atoms with van der Waals surface area (Å²) in [6, 6.07) is 1.35. The van der Waals surface area contributed by atoms with Crippen LogP contribution in [0.25, 0.3) is 0 Å². The molecule has 1 aliphatic rings. The van der Waals surface area contributed by atoms with Crippen LogP contribution in [0.3, 0.4) is 0 Å². The number of nitrogens with zero attached hydrogens (tertiary/aromatic N) is 2. The molecular formula is C17H37N3. The third kappa shape index (κ3) is 5.01. The van der Waals surface area contributed by atoms with Crippen LogP contribution >= 0.6 is 0 Å². The zero-order chi connectivity index (χ0) is 15.2. The molecule has 120 valence electrons. The number of likely N-dealkylation sites (N-methyl/N-ethyl adjacent to an activating group) is 2. The van der Waals surface area contributed by atoms with Gasteiger partial charge in [0.2, 0.25) is 0 Å². The molecule has 0 amide bonds. The molecule has 0 bridgehead atoms. The van der Waals surface area contributed by atoms with Crippen molar-refractivity contribution in [2.45, 2.75) is 65.5 Å². The lowest BCUT2D eigenvalue weighted by Crippen LogP contribution is -2.59. The molecule has 1 rings (SSSR count). The summed E-state index contributed by atoms with van der Waals surface area (Å²) in [5.41, 5.74) is 0.424. The first-order valence-corrected chi connectivity index (χ1v) is 8.54. The maximum atomic E-state index is 3.79. The summed E-state index contributed by atoms with van der Waals surface area (Å²) in [4.78, 5) is 5.01. The van der Waals surface area contributed by atoms with Gasteiger partial charge < -0.3 is 10.2 Å². The molecule has 20 heavy (non-hydrogen) atoms. The first kappa shape index (κ1) is 17.9. The topological polar surface area (TPSA) is 18.5 Å². The van der Waals surface area contributed by atoms with E-state index in [4.69, 9.17) is 0 Å². The Labute approximate surface area is 127 Å². The Morgan fingerprint density at radius 3 is 2.40 bits per heavy atom. The van der Waals surface area contributed by atoms with Crippen molar-refractivity contribution in [1.82, 2.24) is 15.1 Å². The van der Waals surface area contributed by atoms with Crippen LogP contribution in [0.1, 0.15) is 53.4 Å². The first-order valence-electron chi connectivity index (χ1n) is 8.54. The second-order valence-corrected chi connectivity index (χ2v) is 7.27. The predicted molar refractivity (Wildman–Crippen MR) is 89.3 cm³/mol. The van der Waals surface area contributed by atoms with E-state index in [1.54, 1.807) is 0 Å². The van der Waals surface area contributed by atoms with Crippen molar-refractivity contribution in [2.75, 3.05) is 40.3 Å². The van der Waals surface area contributed by atoms with Crippen molar-refractivity contribution in [1.29, 1.82) is 0 Å². The Bertz CT molecular complexity index is 263. The van der Waals surface area contributed by atoms with E-state index >= 15 is 0 Å². The maximum absolute atomic E-state index is 3.79. The largest absolute Gasteiger partial charge is 0.312 e. The van der Waals surface area contributed by atoms with Gasteiger partial charge in [-0.3, -0.25) is 4.90 Å². The van der Waals surface area contributed by atoms with Gasteiger partial charge in [-0.2, -0.15) is 0 Å². The van der Waals surface area contributed by atoms with E-state index in [1.165, 1.54) is 45.3 Å². The van der Waals surface area contributed by atoms with Gasteiger partial charge in [0.15, 0.2) is 0 Å². The van der Waals surface area contributed by atoms with E-state index in [0.29, 0.717) is 17.5 Å². The molecule has 1 saturated carbocycles. The lowest BCUT2D eigenvalue weighted by atomic mass is 9.70. The lowest BCUT2D eigenvalue weighted by Gasteiger charge is -2.48. The van der Waals surface area contributed by atoms with Crippen molar-refractivity contribution in [3.8, 4) is 0 Å². The van der Waals surface area contributed by atoms with Gasteiger partial charge in [-0.25, -0.2) is 0 Å². The molecule has 1 fully saturated rings. The van der Waals surface area contributed by atoms with Crippen LogP contribution < -0.4 is 5.32 Å². The average molecular weight is 284 g/mol. The summed E-state index contributed by atoms with van der Waals surface area (Å²) in [7, 11) is 4.34. The molecule has 0 aromatic carbocycles. The Morgan fingerprint density at radius 1 is 1.15 bits per heavy atom. The minimum Gasteiger partial charge on any atom is -0.312 e. The van der Waals surface area contributed by atoms with Gasteiger partial charge in [0, 0.05) is 12.1 Å². The molecule has 3 heteroatoms. The van der Waals surface area contributed by atoms with E-state index in [1.807, 2.05) is 0 Å². The van der Waals surface area contributed by atoms with Crippen LogP contribution in [0, 0.1) is 5.41 Å². The zero-order valence-electron chi connectivity index (χ0n) is 14.7. The van der Waals surface area contributed by atoms with Crippen LogP contribution in [0.2, 0.25) is 0 Å². The van der Waals surface area contributed by atoms with E-state index in [-0.39, 0.29) is 0 Å². The van der Waals surface area contributed by atoms with Crippen molar-refractivity contribution in [2.24, 2.45) is 5.41 Å². The van der Waals surface area contributed by atoms with E-state index in [9.17, 15) is 0 Å². The molecule has 0 saturated heterocycles. The highest BCUT2D eigenvalue weighted by Crippen LogP contribution is 2.37. The quantitative estimate of drug-likeness (QED) is 0.739. The highest BCUT2D eigenvalue weighted by molar-refractivity contribution is 4.97. The lowest BCUT2D eigenvalue weighted by molar-refractivity contribution is 0.0502. The fourth-order valence-corrected chi connectivity index (χ4v) is 3.78. The molecule has 0 aromatic heterocycles. The highest BCUT2D eigenvalue weighted by atomic mass is 15.2. The van der Waals surface area contributed by atoms with Gasteiger partial charge in [0.05, 0.1) is 0 Å². The van der Waals surface area contributed by atoms with Crippen molar-refractivity contribution in [3.63, 3.8) is 0 Å². The maximum Gasteiger partial charge on any atom is 0.0274 e. The smallest absolute Gasteiger partial charge is 0.0274 e. The molecule has 1 aliphatic carbocycles. The van der Waals surface area contributed by atoms with Crippen molar-refractivity contribution < 1.29 is 0 Å². The molecular weight excluding hydrogens is 246 g/mol. The molecule has 0 radical (unpaired) electrons. The summed E-state index contributed by atoms with van der Waals surface area (Å²) in [6.07, 6.45) is 5.37. The van der Waals surface area contributed by atoms with Gasteiger partial charge in [-0.05, 0) is 65.0 Å². The normalized spacial score (nSPS) is 26.4. The summed E-state index contributed by atoms with van der Waals surface area (Å²) in [5, 5.41) is 3.79. The summed E-state index contributed by atoms with van der Waals surface area (Å²) in [5.74, 6) is 0. The minimum atomic E-state index is 0.424. The van der Waals surface area contributed by atoms with Crippen molar-refractivity contribution in [3.05, 3.63) is 0 Å². The van der Waals surface area contributed by atoms with Crippen LogP contribution in [0.15, 0.2) is 0 Å². The number of hydrogen-bond acceptors (Lipinski definition) is 3. The standard InChI is InChI=1S/C17H37N3/c1-7-18-16-15(11-9-12-17(16,3)4)20(8-2)14-10-13-19(5)6/h15-16,18H,7-14H2,1-6H3. The van der Waals surface area contributed by atoms with Gasteiger partial charge in [0.25, 0.3) is 0 Å². The highest BCUT2D eigenvalue weighted by Gasteiger charge is 2.40. The first-order chi connectivity index (χ1) is 9.42. The van der Waals surface area contributed by atoms with Crippen LogP contribution in [0.4, 0.5) is 0 Å². The average Bonchev–Trinajstić information content (AvgIpc) is 2.37. The van der Waals surface area contributed by atoms with Gasteiger partial charge in [0.1, 0.15) is 0 Å². The molecule has 0 spiro atoms. The summed E-state index contributed by atoms with van der Waals surface area (Å²) in [6.45, 7) is 14.1. The monoisotopic (exact) mass is 283 g/mol. The van der Waals surface area contributed by atoms with E-state index in [2.05, 4.69) is 56.9 Å². The Balaban J connectivity index is 2.66. The molecule has 2 unspecified atom stereocenters. The third-order valence-corrected chi connectivity index (χ3v) is 4.90. The van der Waals surface area contributed by atoms with Gasteiger partial charge in [-0.15, -0.1) is 0 Å². The van der Waals surface area contributed by atoms with Crippen LogP contribution in [-0.2, 0) is 0 Å². The molecule has 3 nitrogen and oxygen atoms in total. The second-order valence-electron chi connectivity index (χ2n) is 7.27. The second kappa shape index (κ2) is 8.35. The fourth-order valence-electron chi connectivity index (χ4n) is 3.78. The Hall–Kier alpha value is -0.120. The fraction of sp³-hybridized carbons (Fsp3) is 1.00. The zero-order valence-corrected chi connectivity index (χ0v) is 14.7. The van der Waals surface area contributed by atoms with E-state index < -0.39 is 0 Å². The van der Waals surface area contributed by atoms with Crippen LogP contribution in [-0.4, -0.2) is 62.2 Å². The van der Waals surface area contributed by atoms with Gasteiger partial charge >= 0.3 is 0 Å². The Kier molecular flexibility index (Phi) is 7.49. The van der Waals surface area contributed by atoms with Gasteiger partial charge in [-0.1, -0.05) is 34.1 Å². The third-order valence-electron chi connectivity index (χ3n) is 4.90. The molecule has 0 aliphatic heterocycles. The Morgan fingerprint density at radius 2 is 1.85 bits per heavy atom. The molecule has 1 N–H and O–H groups in total. The summed E-state index contributed by atoms with van der Waals surface area (Å²) < 4.78 is 0. The summed E-state index contributed by atoms with van der Waals surface area (Å²) >= 11 is 0. The predicted octanol–water partition coefficient (Wildman–Crippen LogP) is 2.82. The number of nitrogens with one attached hydrogen (secondary N) is 1. The number of hydrogen-bond donors (Lipinski definition) is 1. The van der Waals surface area contributed by atoms with E-state index in [0.717, 1.165) is 6.54 Å². The van der Waals surface area contributed by atoms with Crippen LogP contribution in [0.5, 0.6) is 0 Å². The SMILES string of the molecule is CCNC1C(N(CC)CCCN(C)C)CCCC1(C)C.